The molecule has 0 radical (unpaired) electrons. The van der Waals surface area contributed by atoms with E-state index in [0.29, 0.717) is 12.8 Å². The van der Waals surface area contributed by atoms with Crippen LogP contribution in [-0.4, -0.2) is 10.2 Å². The van der Waals surface area contributed by atoms with Crippen LogP contribution in [0.15, 0.2) is 79.9 Å². The van der Waals surface area contributed by atoms with Crippen molar-refractivity contribution >= 4 is 0 Å². The summed E-state index contributed by atoms with van der Waals surface area (Å²) < 4.78 is 0. The zero-order valence-corrected chi connectivity index (χ0v) is 16.3. The Morgan fingerprint density at radius 3 is 2.11 bits per heavy atom. The van der Waals surface area contributed by atoms with Crippen molar-refractivity contribution in [3.8, 4) is 33.8 Å². The van der Waals surface area contributed by atoms with Gasteiger partial charge in [0.25, 0.3) is 0 Å². The molecule has 2 heteroatoms. The first kappa shape index (κ1) is 19.5. The van der Waals surface area contributed by atoms with E-state index in [2.05, 4.69) is 26.1 Å². The van der Waals surface area contributed by atoms with Gasteiger partial charge in [0.1, 0.15) is 11.5 Å². The Morgan fingerprint density at radius 1 is 0.786 bits per heavy atom. The molecule has 3 aromatic carbocycles. The van der Waals surface area contributed by atoms with Crippen molar-refractivity contribution in [2.24, 2.45) is 0 Å². The van der Waals surface area contributed by atoms with Gasteiger partial charge in [-0.1, -0.05) is 55.5 Å². The summed E-state index contributed by atoms with van der Waals surface area (Å²) in [6.07, 6.45) is 5.86. The second-order valence-corrected chi connectivity index (χ2v) is 6.83. The third-order valence-electron chi connectivity index (χ3n) is 5.08. The molecule has 2 N–H and O–H groups in total. The Morgan fingerprint density at radius 2 is 1.46 bits per heavy atom. The van der Waals surface area contributed by atoms with Crippen LogP contribution in [0.5, 0.6) is 11.5 Å². The Hall–Kier alpha value is -3.26. The van der Waals surface area contributed by atoms with Gasteiger partial charge in [-0.25, -0.2) is 0 Å². The van der Waals surface area contributed by atoms with Crippen LogP contribution in [0, 0.1) is 0 Å². The standard InChI is InChI=1S/C26H26O2/c1-4-10-21-18(6-3)16-24(26(28)22(21)11-5-2)20-14-15-25(27)23(17-20)19-12-8-7-9-13-19/h4-5,7-9,12-17,27-28H,1-2,6,10-11H2,3H3. The van der Waals surface area contributed by atoms with Crippen molar-refractivity contribution in [2.75, 3.05) is 0 Å². The second kappa shape index (κ2) is 8.62. The molecule has 0 heterocycles. The van der Waals surface area contributed by atoms with E-state index < -0.39 is 0 Å². The summed E-state index contributed by atoms with van der Waals surface area (Å²) in [5.41, 5.74) is 6.55. The largest absolute Gasteiger partial charge is 0.507 e. The van der Waals surface area contributed by atoms with Crippen molar-refractivity contribution in [1.82, 2.24) is 0 Å². The average molecular weight is 370 g/mol. The van der Waals surface area contributed by atoms with Gasteiger partial charge in [0.05, 0.1) is 0 Å². The van der Waals surface area contributed by atoms with Crippen molar-refractivity contribution < 1.29 is 10.2 Å². The summed E-state index contributed by atoms with van der Waals surface area (Å²) in [6, 6.07) is 17.3. The van der Waals surface area contributed by atoms with Crippen LogP contribution in [0.25, 0.3) is 22.3 Å². The minimum atomic E-state index is 0.222. The zero-order valence-electron chi connectivity index (χ0n) is 16.3. The topological polar surface area (TPSA) is 40.5 Å². The lowest BCUT2D eigenvalue weighted by Crippen LogP contribution is -2.01. The predicted octanol–water partition coefficient (Wildman–Crippen LogP) is 6.45. The summed E-state index contributed by atoms with van der Waals surface area (Å²) in [6.45, 7) is 9.83. The fraction of sp³-hybridized carbons (Fsp3) is 0.154. The van der Waals surface area contributed by atoms with Gasteiger partial charge in [0.15, 0.2) is 0 Å². The molecule has 0 saturated heterocycles. The van der Waals surface area contributed by atoms with E-state index in [1.807, 2.05) is 54.6 Å². The lowest BCUT2D eigenvalue weighted by Gasteiger charge is -2.18. The number of aromatic hydroxyl groups is 2. The zero-order chi connectivity index (χ0) is 20.1. The second-order valence-electron chi connectivity index (χ2n) is 6.83. The van der Waals surface area contributed by atoms with E-state index in [4.69, 9.17) is 0 Å². The minimum absolute atomic E-state index is 0.222. The third kappa shape index (κ3) is 3.72. The van der Waals surface area contributed by atoms with E-state index in [-0.39, 0.29) is 11.5 Å². The van der Waals surface area contributed by atoms with E-state index in [0.717, 1.165) is 39.8 Å². The molecule has 3 aromatic rings. The van der Waals surface area contributed by atoms with Gasteiger partial charge in [-0.15, -0.1) is 13.2 Å². The van der Waals surface area contributed by atoms with E-state index in [9.17, 15) is 10.2 Å². The molecule has 28 heavy (non-hydrogen) atoms. The monoisotopic (exact) mass is 370 g/mol. The normalized spacial score (nSPS) is 10.6. The SMILES string of the molecule is C=CCc1c(CC)cc(-c2ccc(O)c(-c3ccccc3)c2)c(O)c1CC=C. The maximum Gasteiger partial charge on any atom is 0.127 e. The first-order valence-corrected chi connectivity index (χ1v) is 9.57. The highest BCUT2D eigenvalue weighted by Gasteiger charge is 2.17. The molecule has 0 saturated carbocycles. The molecule has 0 aromatic heterocycles. The van der Waals surface area contributed by atoms with Crippen molar-refractivity contribution in [3.05, 3.63) is 96.6 Å². The molecule has 2 nitrogen and oxygen atoms in total. The number of allylic oxidation sites excluding steroid dienone is 2. The van der Waals surface area contributed by atoms with Crippen molar-refractivity contribution in [3.63, 3.8) is 0 Å². The van der Waals surface area contributed by atoms with Crippen molar-refractivity contribution in [2.45, 2.75) is 26.2 Å². The highest BCUT2D eigenvalue weighted by atomic mass is 16.3. The van der Waals surface area contributed by atoms with E-state index in [1.54, 1.807) is 6.07 Å². The molecule has 0 unspecified atom stereocenters. The Kier molecular flexibility index (Phi) is 6.00. The highest BCUT2D eigenvalue weighted by molar-refractivity contribution is 5.81. The van der Waals surface area contributed by atoms with Crippen LogP contribution >= 0.6 is 0 Å². The number of hydrogen-bond acceptors (Lipinski definition) is 2. The highest BCUT2D eigenvalue weighted by Crippen LogP contribution is 2.40. The summed E-state index contributed by atoms with van der Waals surface area (Å²) in [7, 11) is 0. The molecule has 0 bridgehead atoms. The quantitative estimate of drug-likeness (QED) is 0.469. The van der Waals surface area contributed by atoms with Crippen LogP contribution in [-0.2, 0) is 19.3 Å². The molecule has 0 aliphatic heterocycles. The molecule has 0 fully saturated rings. The van der Waals surface area contributed by atoms with Gasteiger partial charge in [-0.05, 0) is 59.7 Å². The maximum absolute atomic E-state index is 11.1. The fourth-order valence-corrected chi connectivity index (χ4v) is 3.68. The smallest absolute Gasteiger partial charge is 0.127 e. The molecular formula is C26H26O2. The van der Waals surface area contributed by atoms with E-state index in [1.165, 1.54) is 5.56 Å². The molecule has 3 rings (SSSR count). The first-order valence-electron chi connectivity index (χ1n) is 9.57. The number of aryl methyl sites for hydroxylation is 1. The van der Waals surface area contributed by atoms with Gasteiger partial charge in [-0.3, -0.25) is 0 Å². The summed E-state index contributed by atoms with van der Waals surface area (Å²) in [4.78, 5) is 0. The number of phenols is 2. The molecule has 0 amide bonds. The molecular weight excluding hydrogens is 344 g/mol. The Bertz CT molecular complexity index is 1000. The van der Waals surface area contributed by atoms with Gasteiger partial charge < -0.3 is 10.2 Å². The van der Waals surface area contributed by atoms with E-state index >= 15 is 0 Å². The molecule has 0 atom stereocenters. The Labute approximate surface area is 167 Å². The van der Waals surface area contributed by atoms with Gasteiger partial charge >= 0.3 is 0 Å². The number of hydrogen-bond donors (Lipinski definition) is 2. The average Bonchev–Trinajstić information content (AvgIpc) is 2.72. The van der Waals surface area contributed by atoms with Crippen LogP contribution in [0.4, 0.5) is 0 Å². The van der Waals surface area contributed by atoms with Gasteiger partial charge in [-0.2, -0.15) is 0 Å². The van der Waals surface area contributed by atoms with Crippen LogP contribution in [0.1, 0.15) is 23.6 Å². The Balaban J connectivity index is 2.22. The van der Waals surface area contributed by atoms with Gasteiger partial charge in [0, 0.05) is 16.7 Å². The molecule has 0 spiro atoms. The van der Waals surface area contributed by atoms with Crippen LogP contribution < -0.4 is 0 Å². The fourth-order valence-electron chi connectivity index (χ4n) is 3.68. The third-order valence-corrected chi connectivity index (χ3v) is 5.08. The number of benzene rings is 3. The molecule has 0 aliphatic carbocycles. The minimum Gasteiger partial charge on any atom is -0.507 e. The predicted molar refractivity (Wildman–Crippen MR) is 118 cm³/mol. The first-order chi connectivity index (χ1) is 13.6. The summed E-state index contributed by atoms with van der Waals surface area (Å²) >= 11 is 0. The maximum atomic E-state index is 11.1. The lowest BCUT2D eigenvalue weighted by atomic mass is 9.88. The van der Waals surface area contributed by atoms with Crippen LogP contribution in [0.2, 0.25) is 0 Å². The van der Waals surface area contributed by atoms with Crippen LogP contribution in [0.3, 0.4) is 0 Å². The molecule has 142 valence electrons. The summed E-state index contributed by atoms with van der Waals surface area (Å²) in [5, 5.41) is 21.5. The summed E-state index contributed by atoms with van der Waals surface area (Å²) in [5.74, 6) is 0.499. The van der Waals surface area contributed by atoms with Crippen molar-refractivity contribution in [1.29, 1.82) is 0 Å². The number of rotatable bonds is 7. The number of phenolic OH excluding ortho intramolecular Hbond substituents is 2. The lowest BCUT2D eigenvalue weighted by molar-refractivity contribution is 0.470. The van der Waals surface area contributed by atoms with Gasteiger partial charge in [0.2, 0.25) is 0 Å². The molecule has 0 aliphatic rings.